The Morgan fingerprint density at radius 3 is 2.59 bits per heavy atom. The van der Waals surface area contributed by atoms with Gasteiger partial charge < -0.3 is 26.6 Å². The fourth-order valence-corrected chi connectivity index (χ4v) is 2.51. The van der Waals surface area contributed by atoms with E-state index >= 15 is 0 Å². The van der Waals surface area contributed by atoms with E-state index in [-0.39, 0.29) is 19.0 Å². The van der Waals surface area contributed by atoms with E-state index in [2.05, 4.69) is 20.8 Å². The van der Waals surface area contributed by atoms with Gasteiger partial charge in [0.25, 0.3) is 0 Å². The number of carbonyl (C=O) groups is 2. The van der Waals surface area contributed by atoms with Gasteiger partial charge in [-0.3, -0.25) is 9.59 Å². The van der Waals surface area contributed by atoms with Crippen LogP contribution in [0.2, 0.25) is 0 Å². The van der Waals surface area contributed by atoms with Crippen LogP contribution in [0.4, 0.5) is 0 Å². The molecule has 0 aliphatic rings. The van der Waals surface area contributed by atoms with Crippen LogP contribution < -0.4 is 22.1 Å². The lowest BCUT2D eigenvalue weighted by molar-refractivity contribution is -0.125. The van der Waals surface area contributed by atoms with Gasteiger partial charge in [0.15, 0.2) is 5.82 Å². The van der Waals surface area contributed by atoms with Gasteiger partial charge in [0.2, 0.25) is 17.7 Å². The molecule has 0 saturated carbocycles. The van der Waals surface area contributed by atoms with Crippen LogP contribution in [0.25, 0.3) is 0 Å². The lowest BCUT2D eigenvalue weighted by Crippen LogP contribution is -2.40. The van der Waals surface area contributed by atoms with Gasteiger partial charge in [0.05, 0.1) is 13.1 Å². The van der Waals surface area contributed by atoms with Gasteiger partial charge in [-0.1, -0.05) is 35.5 Å². The summed E-state index contributed by atoms with van der Waals surface area (Å²) in [7, 11) is 0. The van der Waals surface area contributed by atoms with E-state index in [1.807, 2.05) is 30.3 Å². The third-order valence-corrected chi connectivity index (χ3v) is 3.90. The van der Waals surface area contributed by atoms with E-state index in [1.54, 1.807) is 0 Å². The molecule has 1 atom stereocenters. The number of unbranched alkanes of at least 4 members (excludes halogenated alkanes) is 1. The molecular formula is C18H26N6O3. The van der Waals surface area contributed by atoms with Crippen molar-refractivity contribution in [3.05, 3.63) is 47.6 Å². The van der Waals surface area contributed by atoms with Crippen LogP contribution >= 0.6 is 0 Å². The van der Waals surface area contributed by atoms with Gasteiger partial charge in [0.1, 0.15) is 6.04 Å². The van der Waals surface area contributed by atoms with Crippen LogP contribution in [-0.4, -0.2) is 41.6 Å². The first-order valence-electron chi connectivity index (χ1n) is 8.95. The van der Waals surface area contributed by atoms with E-state index in [0.717, 1.165) is 18.4 Å². The fourth-order valence-electron chi connectivity index (χ4n) is 2.51. The maximum absolute atomic E-state index is 12.1. The molecule has 0 saturated heterocycles. The molecule has 2 amide bonds. The number of benzene rings is 1. The third kappa shape index (κ3) is 7.16. The van der Waals surface area contributed by atoms with Gasteiger partial charge in [-0.25, -0.2) is 0 Å². The molecule has 2 aromatic rings. The highest BCUT2D eigenvalue weighted by Crippen LogP contribution is 2.18. The number of amides is 2. The molecule has 1 heterocycles. The molecule has 9 nitrogen and oxygen atoms in total. The Bertz CT molecular complexity index is 719. The first-order valence-corrected chi connectivity index (χ1v) is 8.95. The van der Waals surface area contributed by atoms with E-state index in [1.165, 1.54) is 0 Å². The van der Waals surface area contributed by atoms with Crippen molar-refractivity contribution in [1.29, 1.82) is 0 Å². The Balaban J connectivity index is 2.00. The highest BCUT2D eigenvalue weighted by atomic mass is 16.5. The summed E-state index contributed by atoms with van der Waals surface area (Å²) in [5, 5.41) is 9.26. The largest absolute Gasteiger partial charge is 0.346 e. The normalized spacial score (nSPS) is 11.8. The second kappa shape index (κ2) is 11.0. The first kappa shape index (κ1) is 20.5. The molecule has 0 bridgehead atoms. The zero-order valence-corrected chi connectivity index (χ0v) is 15.2. The van der Waals surface area contributed by atoms with Crippen molar-refractivity contribution in [2.75, 3.05) is 19.6 Å². The second-order valence-electron chi connectivity index (χ2n) is 6.10. The number of nitrogens with one attached hydrogen (secondary N) is 2. The predicted molar refractivity (Wildman–Crippen MR) is 99.4 cm³/mol. The summed E-state index contributed by atoms with van der Waals surface area (Å²) in [5.74, 6) is 0.146. The van der Waals surface area contributed by atoms with E-state index in [0.29, 0.717) is 31.1 Å². The minimum absolute atomic E-state index is 0.158. The molecule has 0 spiro atoms. The van der Waals surface area contributed by atoms with Crippen molar-refractivity contribution in [2.24, 2.45) is 11.5 Å². The molecular weight excluding hydrogens is 348 g/mol. The molecule has 2 rings (SSSR count). The molecule has 146 valence electrons. The SMILES string of the molecule is NCCCCC(NC(=O)CNC(=O)CN)c1nc(Cc2ccccc2)no1. The molecule has 27 heavy (non-hydrogen) atoms. The highest BCUT2D eigenvalue weighted by molar-refractivity contribution is 5.85. The minimum atomic E-state index is -0.434. The summed E-state index contributed by atoms with van der Waals surface area (Å²) in [5.41, 5.74) is 11.8. The van der Waals surface area contributed by atoms with Crippen LogP contribution in [0.5, 0.6) is 0 Å². The average molecular weight is 374 g/mol. The van der Waals surface area contributed by atoms with Gasteiger partial charge in [0, 0.05) is 6.42 Å². The minimum Gasteiger partial charge on any atom is -0.346 e. The number of nitrogens with two attached hydrogens (primary N) is 2. The van der Waals surface area contributed by atoms with Gasteiger partial charge in [-0.15, -0.1) is 0 Å². The Hall–Kier alpha value is -2.78. The summed E-state index contributed by atoms with van der Waals surface area (Å²) in [6.07, 6.45) is 2.77. The highest BCUT2D eigenvalue weighted by Gasteiger charge is 2.21. The van der Waals surface area contributed by atoms with Crippen molar-refractivity contribution >= 4 is 11.8 Å². The molecule has 0 fully saturated rings. The monoisotopic (exact) mass is 374 g/mol. The van der Waals surface area contributed by atoms with E-state index in [4.69, 9.17) is 16.0 Å². The van der Waals surface area contributed by atoms with Crippen LogP contribution in [-0.2, 0) is 16.0 Å². The standard InChI is InChI=1S/C18H26N6O3/c19-9-5-4-8-14(22-17(26)12-21-16(25)11-20)18-23-15(24-27-18)10-13-6-2-1-3-7-13/h1-3,6-7,14H,4-5,8-12,19-20H2,(H,21,25)(H,22,26). The maximum atomic E-state index is 12.1. The van der Waals surface area contributed by atoms with Gasteiger partial charge in [-0.2, -0.15) is 4.98 Å². The van der Waals surface area contributed by atoms with Crippen molar-refractivity contribution < 1.29 is 14.1 Å². The Labute approximate surface area is 157 Å². The van der Waals surface area contributed by atoms with Crippen molar-refractivity contribution in [1.82, 2.24) is 20.8 Å². The summed E-state index contributed by atoms with van der Waals surface area (Å²) in [6.45, 7) is 0.241. The molecule has 0 aliphatic carbocycles. The van der Waals surface area contributed by atoms with Crippen LogP contribution in [0, 0.1) is 0 Å². The molecule has 6 N–H and O–H groups in total. The Kier molecular flexibility index (Phi) is 8.40. The van der Waals surface area contributed by atoms with Crippen molar-refractivity contribution in [2.45, 2.75) is 31.7 Å². The molecule has 1 aromatic heterocycles. The lowest BCUT2D eigenvalue weighted by atomic mass is 10.1. The summed E-state index contributed by atoms with van der Waals surface area (Å²) >= 11 is 0. The second-order valence-corrected chi connectivity index (χ2v) is 6.10. The molecule has 0 radical (unpaired) electrons. The lowest BCUT2D eigenvalue weighted by Gasteiger charge is -2.15. The first-order chi connectivity index (χ1) is 13.1. The average Bonchev–Trinajstić information content (AvgIpc) is 3.14. The summed E-state index contributed by atoms with van der Waals surface area (Å²) in [6, 6.07) is 9.37. The zero-order chi connectivity index (χ0) is 19.5. The number of hydrogen-bond acceptors (Lipinski definition) is 7. The Morgan fingerprint density at radius 1 is 1.11 bits per heavy atom. The smallest absolute Gasteiger partial charge is 0.249 e. The molecule has 0 aliphatic heterocycles. The third-order valence-electron chi connectivity index (χ3n) is 3.90. The van der Waals surface area contributed by atoms with E-state index < -0.39 is 11.9 Å². The summed E-state index contributed by atoms with van der Waals surface area (Å²) in [4.78, 5) is 27.7. The maximum Gasteiger partial charge on any atom is 0.249 e. The van der Waals surface area contributed by atoms with Gasteiger partial charge in [-0.05, 0) is 31.4 Å². The van der Waals surface area contributed by atoms with Crippen molar-refractivity contribution in [3.63, 3.8) is 0 Å². The topological polar surface area (TPSA) is 149 Å². The van der Waals surface area contributed by atoms with Gasteiger partial charge >= 0.3 is 0 Å². The summed E-state index contributed by atoms with van der Waals surface area (Å²) < 4.78 is 5.36. The number of rotatable bonds is 11. The zero-order valence-electron chi connectivity index (χ0n) is 15.2. The number of carbonyl (C=O) groups excluding carboxylic acids is 2. The van der Waals surface area contributed by atoms with Crippen molar-refractivity contribution in [3.8, 4) is 0 Å². The van der Waals surface area contributed by atoms with Crippen LogP contribution in [0.3, 0.4) is 0 Å². The van der Waals surface area contributed by atoms with E-state index in [9.17, 15) is 9.59 Å². The number of aromatic nitrogens is 2. The number of hydrogen-bond donors (Lipinski definition) is 4. The molecule has 1 unspecified atom stereocenters. The number of nitrogens with zero attached hydrogens (tertiary/aromatic N) is 2. The predicted octanol–water partition coefficient (Wildman–Crippen LogP) is 0.0216. The Morgan fingerprint density at radius 2 is 1.89 bits per heavy atom. The quantitative estimate of drug-likeness (QED) is 0.405. The molecule has 9 heteroatoms. The molecule has 1 aromatic carbocycles. The van der Waals surface area contributed by atoms with Crippen LogP contribution in [0.1, 0.15) is 42.6 Å². The van der Waals surface area contributed by atoms with Crippen LogP contribution in [0.15, 0.2) is 34.9 Å². The fraction of sp³-hybridized carbons (Fsp3) is 0.444.